The van der Waals surface area contributed by atoms with E-state index < -0.39 is 0 Å². The Morgan fingerprint density at radius 2 is 1.94 bits per heavy atom. The summed E-state index contributed by atoms with van der Waals surface area (Å²) in [7, 11) is 0. The van der Waals surface area contributed by atoms with Crippen LogP contribution in [0.3, 0.4) is 0 Å². The molecule has 1 rings (SSSR count). The molecule has 0 radical (unpaired) electrons. The molecule has 0 bridgehead atoms. The van der Waals surface area contributed by atoms with Crippen LogP contribution in [0.4, 0.5) is 0 Å². The topological polar surface area (TPSA) is 87.9 Å². The quantitative estimate of drug-likeness (QED) is 0.309. The van der Waals surface area contributed by atoms with Crippen LogP contribution in [0.15, 0.2) is 41.7 Å². The number of rotatable bonds is 6. The third kappa shape index (κ3) is 4.44. The van der Waals surface area contributed by atoms with Gasteiger partial charge in [-0.3, -0.25) is 0 Å². The minimum Gasteiger partial charge on any atom is -0.389 e. The van der Waals surface area contributed by atoms with Crippen LogP contribution in [0, 0.1) is 11.3 Å². The normalized spacial score (nSPS) is 11.3. The Labute approximate surface area is 112 Å². The van der Waals surface area contributed by atoms with Crippen molar-refractivity contribution in [2.45, 2.75) is 12.8 Å². The zero-order chi connectivity index (χ0) is 13.4. The number of benzene rings is 1. The van der Waals surface area contributed by atoms with Crippen LogP contribution in [-0.2, 0) is 6.42 Å². The summed E-state index contributed by atoms with van der Waals surface area (Å²) >= 11 is 4.73. The molecular weight excluding hydrogens is 244 g/mol. The maximum atomic E-state index is 8.81. The molecule has 5 heteroatoms. The van der Waals surface area contributed by atoms with Gasteiger partial charge in [0.1, 0.15) is 22.5 Å². The van der Waals surface area contributed by atoms with Crippen molar-refractivity contribution in [3.63, 3.8) is 0 Å². The lowest BCUT2D eigenvalue weighted by Gasteiger charge is -2.08. The molecule has 94 valence electrons. The molecule has 0 saturated heterocycles. The number of nitrogens with two attached hydrogens (primary N) is 2. The number of thiocarbonyl (C=S) groups is 1. The Hall–Kier alpha value is -2.06. The van der Waals surface area contributed by atoms with E-state index in [0.717, 1.165) is 12.8 Å². The van der Waals surface area contributed by atoms with Crippen molar-refractivity contribution in [3.05, 3.63) is 47.3 Å². The molecule has 0 aliphatic carbocycles. The summed E-state index contributed by atoms with van der Waals surface area (Å²) in [5, 5.41) is 11.8. The second-order valence-electron chi connectivity index (χ2n) is 3.78. The minimum absolute atomic E-state index is 0.0190. The number of nitrogens with zero attached hydrogens (tertiary/aromatic N) is 1. The first-order valence-corrected chi connectivity index (χ1v) is 6.03. The Balaban J connectivity index is 2.39. The lowest BCUT2D eigenvalue weighted by Crippen LogP contribution is -2.27. The molecule has 0 aromatic heterocycles. The molecule has 1 aromatic carbocycles. The molecule has 5 N–H and O–H groups in total. The van der Waals surface area contributed by atoms with Gasteiger partial charge in [-0.1, -0.05) is 42.5 Å². The summed E-state index contributed by atoms with van der Waals surface area (Å²) in [6.45, 7) is 0.675. The summed E-state index contributed by atoms with van der Waals surface area (Å²) in [4.78, 5) is 0.0190. The number of hydrogen-bond donors (Lipinski definition) is 3. The van der Waals surface area contributed by atoms with E-state index >= 15 is 0 Å². The molecule has 0 aliphatic rings. The fraction of sp³-hybridized carbons (Fsp3) is 0.231. The first kappa shape index (κ1) is 14.0. The Morgan fingerprint density at radius 3 is 2.50 bits per heavy atom. The predicted molar refractivity (Wildman–Crippen MR) is 76.4 cm³/mol. The summed E-state index contributed by atoms with van der Waals surface area (Å²) < 4.78 is 0. The Morgan fingerprint density at radius 1 is 1.28 bits per heavy atom. The number of hydrogen-bond acceptors (Lipinski definition) is 4. The van der Waals surface area contributed by atoms with Gasteiger partial charge in [-0.05, 0) is 18.4 Å². The molecule has 18 heavy (non-hydrogen) atoms. The second-order valence-corrected chi connectivity index (χ2v) is 4.22. The Bertz CT molecular complexity index is 474. The SMILES string of the molecule is N#CC(C(N)=S)=C(N)NCCCc1ccccc1. The fourth-order valence-corrected chi connectivity index (χ4v) is 1.65. The van der Waals surface area contributed by atoms with Gasteiger partial charge in [0, 0.05) is 6.54 Å². The molecule has 0 amide bonds. The first-order valence-electron chi connectivity index (χ1n) is 5.62. The summed E-state index contributed by atoms with van der Waals surface area (Å²) in [6, 6.07) is 12.1. The first-order chi connectivity index (χ1) is 8.65. The van der Waals surface area contributed by atoms with E-state index in [1.54, 1.807) is 0 Å². The maximum absolute atomic E-state index is 8.81. The summed E-state index contributed by atoms with van der Waals surface area (Å²) in [5.41, 5.74) is 12.5. The molecule has 0 unspecified atom stereocenters. The number of nitriles is 1. The highest BCUT2D eigenvalue weighted by molar-refractivity contribution is 7.80. The van der Waals surface area contributed by atoms with Crippen LogP contribution in [-0.4, -0.2) is 11.5 Å². The van der Waals surface area contributed by atoms with E-state index in [9.17, 15) is 0 Å². The number of aryl methyl sites for hydroxylation is 1. The van der Waals surface area contributed by atoms with E-state index in [1.807, 2.05) is 24.3 Å². The molecule has 0 heterocycles. The van der Waals surface area contributed by atoms with Crippen molar-refractivity contribution in [3.8, 4) is 6.07 Å². The van der Waals surface area contributed by atoms with E-state index in [4.69, 9.17) is 28.9 Å². The second kappa shape index (κ2) is 7.30. The monoisotopic (exact) mass is 260 g/mol. The smallest absolute Gasteiger partial charge is 0.126 e. The molecule has 0 saturated carbocycles. The van der Waals surface area contributed by atoms with Gasteiger partial charge in [-0.25, -0.2) is 0 Å². The van der Waals surface area contributed by atoms with Gasteiger partial charge < -0.3 is 16.8 Å². The van der Waals surface area contributed by atoms with Gasteiger partial charge >= 0.3 is 0 Å². The predicted octanol–water partition coefficient (Wildman–Crippen LogP) is 1.19. The van der Waals surface area contributed by atoms with Gasteiger partial charge in [0.2, 0.25) is 0 Å². The molecular formula is C13H16N4S. The van der Waals surface area contributed by atoms with Gasteiger partial charge in [-0.2, -0.15) is 5.26 Å². The average molecular weight is 260 g/mol. The molecule has 0 aliphatic heterocycles. The van der Waals surface area contributed by atoms with Crippen molar-refractivity contribution < 1.29 is 0 Å². The average Bonchev–Trinajstić information content (AvgIpc) is 2.36. The highest BCUT2D eigenvalue weighted by atomic mass is 32.1. The standard InChI is InChI=1S/C13H16N4S/c14-9-11(13(16)18)12(15)17-8-4-7-10-5-2-1-3-6-10/h1-3,5-6,17H,4,7-8,15H2,(H2,16,18). The van der Waals surface area contributed by atoms with Crippen molar-refractivity contribution in [2.75, 3.05) is 6.54 Å². The van der Waals surface area contributed by atoms with E-state index in [2.05, 4.69) is 17.4 Å². The zero-order valence-corrected chi connectivity index (χ0v) is 10.8. The number of nitrogens with one attached hydrogen (secondary N) is 1. The molecule has 4 nitrogen and oxygen atoms in total. The van der Waals surface area contributed by atoms with Crippen molar-refractivity contribution in [2.24, 2.45) is 11.5 Å². The lowest BCUT2D eigenvalue weighted by molar-refractivity contribution is 0.716. The highest BCUT2D eigenvalue weighted by Crippen LogP contribution is 2.02. The zero-order valence-electron chi connectivity index (χ0n) is 10.0. The third-order valence-corrected chi connectivity index (χ3v) is 2.63. The van der Waals surface area contributed by atoms with Crippen LogP contribution in [0.1, 0.15) is 12.0 Å². The van der Waals surface area contributed by atoms with Crippen molar-refractivity contribution in [1.29, 1.82) is 5.26 Å². The van der Waals surface area contributed by atoms with E-state index in [-0.39, 0.29) is 16.4 Å². The van der Waals surface area contributed by atoms with Crippen molar-refractivity contribution >= 4 is 17.2 Å². The van der Waals surface area contributed by atoms with Crippen molar-refractivity contribution in [1.82, 2.24) is 5.32 Å². The lowest BCUT2D eigenvalue weighted by atomic mass is 10.1. The van der Waals surface area contributed by atoms with Gasteiger partial charge in [0.05, 0.1) is 0 Å². The molecule has 1 aromatic rings. The fourth-order valence-electron chi connectivity index (χ4n) is 1.50. The van der Waals surface area contributed by atoms with Gasteiger partial charge in [-0.15, -0.1) is 0 Å². The van der Waals surface area contributed by atoms with Crippen LogP contribution in [0.2, 0.25) is 0 Å². The largest absolute Gasteiger partial charge is 0.389 e. The highest BCUT2D eigenvalue weighted by Gasteiger charge is 2.05. The molecule has 0 spiro atoms. The van der Waals surface area contributed by atoms with Crippen LogP contribution in [0.5, 0.6) is 0 Å². The van der Waals surface area contributed by atoms with E-state index in [0.29, 0.717) is 6.54 Å². The van der Waals surface area contributed by atoms with Gasteiger partial charge in [0.15, 0.2) is 0 Å². The molecule has 0 fully saturated rings. The Kier molecular flexibility index (Phi) is 5.68. The summed E-state index contributed by atoms with van der Waals surface area (Å²) in [6.07, 6.45) is 1.87. The summed E-state index contributed by atoms with van der Waals surface area (Å²) in [5.74, 6) is 0.248. The van der Waals surface area contributed by atoms with Crippen LogP contribution >= 0.6 is 12.2 Å². The van der Waals surface area contributed by atoms with Gasteiger partial charge in [0.25, 0.3) is 0 Å². The molecule has 0 atom stereocenters. The third-order valence-electron chi connectivity index (χ3n) is 2.43. The minimum atomic E-state index is 0.0190. The van der Waals surface area contributed by atoms with E-state index in [1.165, 1.54) is 5.56 Å². The van der Waals surface area contributed by atoms with Crippen LogP contribution < -0.4 is 16.8 Å². The van der Waals surface area contributed by atoms with Crippen LogP contribution in [0.25, 0.3) is 0 Å². The maximum Gasteiger partial charge on any atom is 0.126 e.